The number of carbonyl (C=O) groups is 2. The molecule has 152 valence electrons. The molecule has 0 aliphatic rings. The first kappa shape index (κ1) is 20.6. The fourth-order valence-electron chi connectivity index (χ4n) is 3.30. The quantitative estimate of drug-likeness (QED) is 0.601. The van der Waals surface area contributed by atoms with Gasteiger partial charge in [-0.1, -0.05) is 31.2 Å². The van der Waals surface area contributed by atoms with Gasteiger partial charge in [-0.2, -0.15) is 0 Å². The number of likely N-dealkylation sites (N-methyl/N-ethyl adjacent to an activating group) is 1. The number of carbonyl (C=O) groups excluding carboxylic acids is 2. The Morgan fingerprint density at radius 1 is 1.07 bits per heavy atom. The van der Waals surface area contributed by atoms with Crippen molar-refractivity contribution in [2.75, 3.05) is 25.0 Å². The lowest BCUT2D eigenvalue weighted by Crippen LogP contribution is -2.35. The Labute approximate surface area is 170 Å². The summed E-state index contributed by atoms with van der Waals surface area (Å²) in [5, 5.41) is 6.70. The van der Waals surface area contributed by atoms with Gasteiger partial charge in [-0.15, -0.1) is 0 Å². The van der Waals surface area contributed by atoms with Crippen LogP contribution in [0.1, 0.15) is 42.9 Å². The molecule has 1 heterocycles. The van der Waals surface area contributed by atoms with Crippen LogP contribution in [0, 0.1) is 0 Å². The predicted molar refractivity (Wildman–Crippen MR) is 115 cm³/mol. The fourth-order valence-corrected chi connectivity index (χ4v) is 3.30. The Hall–Kier alpha value is -3.12. The number of amides is 2. The van der Waals surface area contributed by atoms with Crippen molar-refractivity contribution in [2.24, 2.45) is 0 Å². The highest BCUT2D eigenvalue weighted by Crippen LogP contribution is 2.27. The molecule has 1 aromatic heterocycles. The average Bonchev–Trinajstić information content (AvgIpc) is 3.16. The van der Waals surface area contributed by atoms with Crippen LogP contribution in [0.25, 0.3) is 11.0 Å². The van der Waals surface area contributed by atoms with Crippen LogP contribution in [0.5, 0.6) is 0 Å². The maximum atomic E-state index is 12.6. The SMILES string of the molecule is CCNC(=O)c1cccc(NC(=O)CN(CC)C(C)c2cc3ccccc3o2)c1. The molecular formula is C23H27N3O3. The minimum Gasteiger partial charge on any atom is -0.459 e. The Kier molecular flexibility index (Phi) is 6.67. The summed E-state index contributed by atoms with van der Waals surface area (Å²) in [4.78, 5) is 26.6. The van der Waals surface area contributed by atoms with Gasteiger partial charge in [0, 0.05) is 23.2 Å². The molecule has 0 radical (unpaired) electrons. The fraction of sp³-hybridized carbons (Fsp3) is 0.304. The minimum atomic E-state index is -0.155. The zero-order chi connectivity index (χ0) is 20.8. The minimum absolute atomic E-state index is 0.0418. The Morgan fingerprint density at radius 2 is 1.86 bits per heavy atom. The van der Waals surface area contributed by atoms with E-state index in [1.54, 1.807) is 24.3 Å². The van der Waals surface area contributed by atoms with Crippen LogP contribution < -0.4 is 10.6 Å². The molecule has 0 spiro atoms. The van der Waals surface area contributed by atoms with Crippen LogP contribution in [0.3, 0.4) is 0 Å². The molecular weight excluding hydrogens is 366 g/mol. The van der Waals surface area contributed by atoms with E-state index in [-0.39, 0.29) is 24.4 Å². The van der Waals surface area contributed by atoms with E-state index in [1.165, 1.54) is 0 Å². The van der Waals surface area contributed by atoms with E-state index in [9.17, 15) is 9.59 Å². The van der Waals surface area contributed by atoms with Crippen LogP contribution in [-0.2, 0) is 4.79 Å². The van der Waals surface area contributed by atoms with Gasteiger partial charge < -0.3 is 15.1 Å². The third-order valence-electron chi connectivity index (χ3n) is 4.90. The summed E-state index contributed by atoms with van der Waals surface area (Å²) >= 11 is 0. The maximum absolute atomic E-state index is 12.6. The van der Waals surface area contributed by atoms with E-state index in [1.807, 2.05) is 56.0 Å². The van der Waals surface area contributed by atoms with Gasteiger partial charge in [0.05, 0.1) is 12.6 Å². The number of benzene rings is 2. The number of furan rings is 1. The number of fused-ring (bicyclic) bond motifs is 1. The molecule has 2 amide bonds. The van der Waals surface area contributed by atoms with Gasteiger partial charge in [0.1, 0.15) is 11.3 Å². The van der Waals surface area contributed by atoms with Crippen molar-refractivity contribution in [1.82, 2.24) is 10.2 Å². The van der Waals surface area contributed by atoms with E-state index in [0.29, 0.717) is 24.3 Å². The van der Waals surface area contributed by atoms with Gasteiger partial charge in [0.25, 0.3) is 5.91 Å². The van der Waals surface area contributed by atoms with Crippen molar-refractivity contribution in [3.63, 3.8) is 0 Å². The summed E-state index contributed by atoms with van der Waals surface area (Å²) in [6.45, 7) is 7.39. The molecule has 0 saturated heterocycles. The topological polar surface area (TPSA) is 74.6 Å². The van der Waals surface area contributed by atoms with Crippen LogP contribution >= 0.6 is 0 Å². The summed E-state index contributed by atoms with van der Waals surface area (Å²) in [6, 6.07) is 16.8. The second-order valence-electron chi connectivity index (χ2n) is 6.91. The van der Waals surface area contributed by atoms with E-state index in [4.69, 9.17) is 4.42 Å². The summed E-state index contributed by atoms with van der Waals surface area (Å²) in [7, 11) is 0. The number of anilines is 1. The number of hydrogen-bond acceptors (Lipinski definition) is 4. The van der Waals surface area contributed by atoms with Crippen molar-refractivity contribution >= 4 is 28.5 Å². The standard InChI is InChI=1S/C23H27N3O3/c1-4-24-23(28)18-10-8-11-19(13-18)25-22(27)15-26(5-2)16(3)21-14-17-9-6-7-12-20(17)29-21/h6-14,16H,4-5,15H2,1-3H3,(H,24,28)(H,25,27). The Bertz CT molecular complexity index is 963. The lowest BCUT2D eigenvalue weighted by Gasteiger charge is -2.25. The molecule has 0 aliphatic heterocycles. The second-order valence-corrected chi connectivity index (χ2v) is 6.91. The molecule has 1 atom stereocenters. The van der Waals surface area contributed by atoms with E-state index >= 15 is 0 Å². The van der Waals surface area contributed by atoms with E-state index < -0.39 is 0 Å². The molecule has 6 heteroatoms. The highest BCUT2D eigenvalue weighted by Gasteiger charge is 2.21. The summed E-state index contributed by atoms with van der Waals surface area (Å²) in [5.74, 6) is 0.541. The molecule has 3 aromatic rings. The molecule has 0 aliphatic carbocycles. The Balaban J connectivity index is 1.66. The monoisotopic (exact) mass is 393 g/mol. The number of rotatable bonds is 8. The number of nitrogens with zero attached hydrogens (tertiary/aromatic N) is 1. The van der Waals surface area contributed by atoms with Crippen molar-refractivity contribution in [3.8, 4) is 0 Å². The molecule has 29 heavy (non-hydrogen) atoms. The largest absolute Gasteiger partial charge is 0.459 e. The first-order valence-corrected chi connectivity index (χ1v) is 9.92. The molecule has 0 saturated carbocycles. The van der Waals surface area contributed by atoms with Crippen LogP contribution in [0.2, 0.25) is 0 Å². The first-order chi connectivity index (χ1) is 14.0. The third kappa shape index (κ3) is 5.03. The molecule has 2 N–H and O–H groups in total. The summed E-state index contributed by atoms with van der Waals surface area (Å²) in [6.07, 6.45) is 0. The number of para-hydroxylation sites is 1. The normalized spacial score (nSPS) is 12.1. The van der Waals surface area contributed by atoms with Crippen LogP contribution in [0.4, 0.5) is 5.69 Å². The molecule has 0 bridgehead atoms. The lowest BCUT2D eigenvalue weighted by molar-refractivity contribution is -0.117. The van der Waals surface area contributed by atoms with Crippen molar-refractivity contribution in [1.29, 1.82) is 0 Å². The highest BCUT2D eigenvalue weighted by atomic mass is 16.3. The zero-order valence-electron chi connectivity index (χ0n) is 17.1. The predicted octanol–water partition coefficient (Wildman–Crippen LogP) is 4.20. The van der Waals surface area contributed by atoms with Crippen molar-refractivity contribution in [3.05, 3.63) is 65.9 Å². The highest BCUT2D eigenvalue weighted by molar-refractivity contribution is 5.97. The van der Waals surface area contributed by atoms with Crippen molar-refractivity contribution in [2.45, 2.75) is 26.8 Å². The first-order valence-electron chi connectivity index (χ1n) is 9.92. The second kappa shape index (κ2) is 9.39. The van der Waals surface area contributed by atoms with E-state index in [0.717, 1.165) is 16.7 Å². The Morgan fingerprint density at radius 3 is 2.59 bits per heavy atom. The van der Waals surface area contributed by atoms with Crippen LogP contribution in [0.15, 0.2) is 59.0 Å². The zero-order valence-corrected chi connectivity index (χ0v) is 17.1. The van der Waals surface area contributed by atoms with E-state index in [2.05, 4.69) is 10.6 Å². The van der Waals surface area contributed by atoms with Gasteiger partial charge in [0.2, 0.25) is 5.91 Å². The van der Waals surface area contributed by atoms with Gasteiger partial charge in [-0.05, 0) is 50.7 Å². The van der Waals surface area contributed by atoms with Gasteiger partial charge in [-0.3, -0.25) is 14.5 Å². The molecule has 1 unspecified atom stereocenters. The summed E-state index contributed by atoms with van der Waals surface area (Å²) < 4.78 is 5.96. The lowest BCUT2D eigenvalue weighted by atomic mass is 10.1. The molecule has 6 nitrogen and oxygen atoms in total. The smallest absolute Gasteiger partial charge is 0.251 e. The van der Waals surface area contributed by atoms with Gasteiger partial charge in [-0.25, -0.2) is 0 Å². The van der Waals surface area contributed by atoms with Crippen molar-refractivity contribution < 1.29 is 14.0 Å². The van der Waals surface area contributed by atoms with Gasteiger partial charge in [0.15, 0.2) is 0 Å². The number of nitrogens with one attached hydrogen (secondary N) is 2. The van der Waals surface area contributed by atoms with Crippen LogP contribution in [-0.4, -0.2) is 36.3 Å². The number of hydrogen-bond donors (Lipinski definition) is 2. The maximum Gasteiger partial charge on any atom is 0.251 e. The summed E-state index contributed by atoms with van der Waals surface area (Å²) in [5.41, 5.74) is 1.97. The third-order valence-corrected chi connectivity index (χ3v) is 4.90. The van der Waals surface area contributed by atoms with Gasteiger partial charge >= 0.3 is 0 Å². The molecule has 0 fully saturated rings. The molecule has 3 rings (SSSR count). The average molecular weight is 393 g/mol. The molecule has 2 aromatic carbocycles.